The van der Waals surface area contributed by atoms with E-state index in [1.165, 1.54) is 6.07 Å². The summed E-state index contributed by atoms with van der Waals surface area (Å²) in [5, 5.41) is 0. The van der Waals surface area contributed by atoms with Gasteiger partial charge in [0.15, 0.2) is 4.77 Å². The van der Waals surface area contributed by atoms with Gasteiger partial charge in [-0.2, -0.15) is 0 Å². The molecule has 2 heterocycles. The Balaban J connectivity index is 2.33. The first-order valence-corrected chi connectivity index (χ1v) is 4.85. The molecular formula is C10H9N3OS. The number of H-pyrrole nitrogens is 1. The van der Waals surface area contributed by atoms with Crippen LogP contribution in [0.3, 0.4) is 0 Å². The van der Waals surface area contributed by atoms with Gasteiger partial charge in [0.25, 0.3) is 5.56 Å². The predicted octanol–water partition coefficient (Wildman–Crippen LogP) is 1.35. The summed E-state index contributed by atoms with van der Waals surface area (Å²) in [6.07, 6.45) is 5.14. The Morgan fingerprint density at radius 2 is 2.07 bits per heavy atom. The van der Waals surface area contributed by atoms with Gasteiger partial charge >= 0.3 is 0 Å². The van der Waals surface area contributed by atoms with Crippen LogP contribution < -0.4 is 5.56 Å². The molecular weight excluding hydrogens is 210 g/mol. The minimum absolute atomic E-state index is 0.175. The van der Waals surface area contributed by atoms with Gasteiger partial charge in [0.05, 0.1) is 0 Å². The summed E-state index contributed by atoms with van der Waals surface area (Å²) in [6.45, 7) is 0.637. The molecule has 0 fully saturated rings. The molecule has 2 rings (SSSR count). The van der Waals surface area contributed by atoms with E-state index < -0.39 is 0 Å². The fourth-order valence-electron chi connectivity index (χ4n) is 1.25. The van der Waals surface area contributed by atoms with Crippen LogP contribution in [0.15, 0.2) is 41.6 Å². The highest BCUT2D eigenvalue weighted by atomic mass is 32.1. The lowest BCUT2D eigenvalue weighted by Crippen LogP contribution is -2.11. The summed E-state index contributed by atoms with van der Waals surface area (Å²) in [7, 11) is 0. The van der Waals surface area contributed by atoms with Crippen molar-refractivity contribution in [1.82, 2.24) is 14.5 Å². The molecule has 0 radical (unpaired) electrons. The number of nitrogens with zero attached hydrogens (tertiary/aromatic N) is 2. The molecule has 0 amide bonds. The highest BCUT2D eigenvalue weighted by Gasteiger charge is 1.95. The van der Waals surface area contributed by atoms with Crippen molar-refractivity contribution in [1.29, 1.82) is 0 Å². The minimum atomic E-state index is -0.175. The van der Waals surface area contributed by atoms with Gasteiger partial charge in [0.2, 0.25) is 0 Å². The lowest BCUT2D eigenvalue weighted by Gasteiger charge is -2.05. The highest BCUT2D eigenvalue weighted by molar-refractivity contribution is 7.71. The average molecular weight is 219 g/mol. The number of pyridine rings is 1. The Morgan fingerprint density at radius 3 is 2.73 bits per heavy atom. The third kappa shape index (κ3) is 2.38. The minimum Gasteiger partial charge on any atom is -0.321 e. The fourth-order valence-corrected chi connectivity index (χ4v) is 1.48. The van der Waals surface area contributed by atoms with Gasteiger partial charge in [-0.05, 0) is 29.9 Å². The van der Waals surface area contributed by atoms with Crippen molar-refractivity contribution < 1.29 is 0 Å². The standard InChI is InChI=1S/C10H9N3OS/c14-9-3-6-13(10(15)12-9)7-8-1-4-11-5-2-8/h1-6H,7H2,(H,12,14,15). The van der Waals surface area contributed by atoms with E-state index in [1.807, 2.05) is 12.1 Å². The van der Waals surface area contributed by atoms with Crippen LogP contribution in [0.5, 0.6) is 0 Å². The van der Waals surface area contributed by atoms with E-state index in [1.54, 1.807) is 23.2 Å². The van der Waals surface area contributed by atoms with Crippen LogP contribution in [0.2, 0.25) is 0 Å². The van der Waals surface area contributed by atoms with Crippen molar-refractivity contribution >= 4 is 12.2 Å². The fraction of sp³-hybridized carbons (Fsp3) is 0.100. The molecule has 0 saturated heterocycles. The van der Waals surface area contributed by atoms with E-state index in [2.05, 4.69) is 9.97 Å². The summed E-state index contributed by atoms with van der Waals surface area (Å²) < 4.78 is 2.23. The zero-order chi connectivity index (χ0) is 10.7. The molecule has 0 aliphatic heterocycles. The average Bonchev–Trinajstić information content (AvgIpc) is 2.24. The normalized spacial score (nSPS) is 10.1. The van der Waals surface area contributed by atoms with Crippen LogP contribution >= 0.6 is 12.2 Å². The van der Waals surface area contributed by atoms with E-state index in [0.717, 1.165) is 5.56 Å². The number of aromatic nitrogens is 3. The molecule has 0 saturated carbocycles. The van der Waals surface area contributed by atoms with E-state index in [4.69, 9.17) is 12.2 Å². The summed E-state index contributed by atoms with van der Waals surface area (Å²) in [5.74, 6) is 0. The first-order valence-electron chi connectivity index (χ1n) is 4.44. The van der Waals surface area contributed by atoms with Gasteiger partial charge in [0, 0.05) is 31.2 Å². The smallest absolute Gasteiger partial charge is 0.251 e. The number of nitrogens with one attached hydrogen (secondary N) is 1. The van der Waals surface area contributed by atoms with Crippen LogP contribution in [0.1, 0.15) is 5.56 Å². The summed E-state index contributed by atoms with van der Waals surface area (Å²) in [6, 6.07) is 5.27. The molecule has 76 valence electrons. The molecule has 0 spiro atoms. The van der Waals surface area contributed by atoms with Crippen LogP contribution in [-0.4, -0.2) is 14.5 Å². The largest absolute Gasteiger partial charge is 0.321 e. The van der Waals surface area contributed by atoms with Crippen molar-refractivity contribution in [3.8, 4) is 0 Å². The summed E-state index contributed by atoms with van der Waals surface area (Å²) >= 11 is 5.03. The van der Waals surface area contributed by atoms with E-state index in [0.29, 0.717) is 11.3 Å². The molecule has 5 heteroatoms. The van der Waals surface area contributed by atoms with Crippen molar-refractivity contribution in [2.45, 2.75) is 6.54 Å². The summed E-state index contributed by atoms with van der Waals surface area (Å²) in [4.78, 5) is 17.4. The maximum atomic E-state index is 10.9. The van der Waals surface area contributed by atoms with Crippen molar-refractivity contribution in [3.63, 3.8) is 0 Å². The molecule has 15 heavy (non-hydrogen) atoms. The predicted molar refractivity (Wildman–Crippen MR) is 59.2 cm³/mol. The Hall–Kier alpha value is -1.75. The number of hydrogen-bond donors (Lipinski definition) is 1. The van der Waals surface area contributed by atoms with E-state index in [-0.39, 0.29) is 5.56 Å². The number of hydrogen-bond acceptors (Lipinski definition) is 3. The second-order valence-electron chi connectivity index (χ2n) is 3.09. The SMILES string of the molecule is O=c1ccn(Cc2ccncc2)c(=S)[nH]1. The molecule has 0 aliphatic carbocycles. The monoisotopic (exact) mass is 219 g/mol. The molecule has 2 aromatic rings. The molecule has 2 aromatic heterocycles. The van der Waals surface area contributed by atoms with E-state index >= 15 is 0 Å². The topological polar surface area (TPSA) is 50.7 Å². The van der Waals surface area contributed by atoms with Gasteiger partial charge in [-0.3, -0.25) is 14.8 Å². The Bertz CT molecular complexity index is 559. The van der Waals surface area contributed by atoms with Gasteiger partial charge in [0.1, 0.15) is 0 Å². The Labute approximate surface area is 91.2 Å². The molecule has 4 nitrogen and oxygen atoms in total. The second kappa shape index (κ2) is 4.18. The molecule has 0 unspecified atom stereocenters. The molecule has 1 N–H and O–H groups in total. The number of aromatic amines is 1. The third-order valence-electron chi connectivity index (χ3n) is 2.00. The lowest BCUT2D eigenvalue weighted by molar-refractivity contribution is 0.744. The van der Waals surface area contributed by atoms with Crippen molar-refractivity contribution in [2.24, 2.45) is 0 Å². The second-order valence-corrected chi connectivity index (χ2v) is 3.48. The Morgan fingerprint density at radius 1 is 1.33 bits per heavy atom. The molecule has 0 atom stereocenters. The third-order valence-corrected chi connectivity index (χ3v) is 2.34. The molecule has 0 aliphatic rings. The van der Waals surface area contributed by atoms with Gasteiger partial charge in [-0.1, -0.05) is 0 Å². The Kier molecular flexibility index (Phi) is 2.73. The van der Waals surface area contributed by atoms with Crippen molar-refractivity contribution in [3.05, 3.63) is 57.5 Å². The van der Waals surface area contributed by atoms with Crippen LogP contribution in [-0.2, 0) is 6.54 Å². The van der Waals surface area contributed by atoms with Crippen LogP contribution in [0, 0.1) is 4.77 Å². The number of rotatable bonds is 2. The zero-order valence-corrected chi connectivity index (χ0v) is 8.70. The van der Waals surface area contributed by atoms with Crippen molar-refractivity contribution in [2.75, 3.05) is 0 Å². The maximum Gasteiger partial charge on any atom is 0.251 e. The molecule has 0 aromatic carbocycles. The first kappa shape index (κ1) is 9.79. The molecule has 0 bridgehead atoms. The maximum absolute atomic E-state index is 10.9. The first-order chi connectivity index (χ1) is 7.25. The highest BCUT2D eigenvalue weighted by Crippen LogP contribution is 1.99. The summed E-state index contributed by atoms with van der Waals surface area (Å²) in [5.41, 5.74) is 0.916. The van der Waals surface area contributed by atoms with E-state index in [9.17, 15) is 4.79 Å². The van der Waals surface area contributed by atoms with Crippen LogP contribution in [0.25, 0.3) is 0 Å². The lowest BCUT2D eigenvalue weighted by atomic mass is 10.3. The van der Waals surface area contributed by atoms with Crippen LogP contribution in [0.4, 0.5) is 0 Å². The van der Waals surface area contributed by atoms with Gasteiger partial charge < -0.3 is 4.57 Å². The quantitative estimate of drug-likeness (QED) is 0.776. The van der Waals surface area contributed by atoms with Gasteiger partial charge in [-0.25, -0.2) is 0 Å². The zero-order valence-electron chi connectivity index (χ0n) is 7.88. The van der Waals surface area contributed by atoms with Gasteiger partial charge in [-0.15, -0.1) is 0 Å².